The summed E-state index contributed by atoms with van der Waals surface area (Å²) in [7, 11) is 0. The Morgan fingerprint density at radius 3 is 2.38 bits per heavy atom. The summed E-state index contributed by atoms with van der Waals surface area (Å²) >= 11 is 0. The molecular weight excluding hydrogens is 613 g/mol. The number of hydrogen-bond donors (Lipinski definition) is 2. The van der Waals surface area contributed by atoms with Crippen LogP contribution in [0.3, 0.4) is 0 Å². The zero-order valence-electron chi connectivity index (χ0n) is 23.9. The number of amides is 2. The summed E-state index contributed by atoms with van der Waals surface area (Å²) in [5, 5.41) is 9.88. The summed E-state index contributed by atoms with van der Waals surface area (Å²) in [6.07, 6.45) is -2.72. The topological polar surface area (TPSA) is 111 Å². The number of rotatable bonds is 12. The van der Waals surface area contributed by atoms with Crippen molar-refractivity contribution < 1.29 is 45.1 Å². The van der Waals surface area contributed by atoms with Gasteiger partial charge >= 0.3 is 6.18 Å². The van der Waals surface area contributed by atoms with Crippen molar-refractivity contribution in [2.24, 2.45) is 11.8 Å². The third kappa shape index (κ3) is 8.81. The monoisotopic (exact) mass is 644 g/mol. The lowest BCUT2D eigenvalue weighted by Crippen LogP contribution is -2.37. The number of hydrogen-bond acceptors (Lipinski definition) is 6. The molecule has 2 aliphatic rings. The largest absolute Gasteiger partial charge is 0.486 e. The van der Waals surface area contributed by atoms with Crippen molar-refractivity contribution in [3.63, 3.8) is 0 Å². The molecule has 0 spiro atoms. The molecule has 16 heteroatoms. The second-order valence-electron chi connectivity index (χ2n) is 11.5. The number of nitrogens with zero attached hydrogens (tertiary/aromatic N) is 4. The van der Waals surface area contributed by atoms with Crippen LogP contribution in [-0.2, 0) is 4.79 Å². The highest BCUT2D eigenvalue weighted by Crippen LogP contribution is 2.43. The van der Waals surface area contributed by atoms with E-state index in [0.29, 0.717) is 16.9 Å². The third-order valence-corrected chi connectivity index (χ3v) is 7.95. The molecule has 3 aromatic rings. The average molecular weight is 645 g/mol. The number of fused-ring (bicyclic) bond motifs is 1. The molecule has 45 heavy (non-hydrogen) atoms. The Balaban J connectivity index is 1.38. The molecule has 0 saturated heterocycles. The maximum atomic E-state index is 14.0. The highest BCUT2D eigenvalue weighted by Gasteiger charge is 2.40. The SMILES string of the molecule is O=C(CCC(F)(F)F)N[C@@H](c1cnn2cc([C@@H](NC(=O)c3cncc(OCC(F)F)c3)C3CCC(F)(F)CC3)nc2c1)C1CC1. The van der Waals surface area contributed by atoms with Crippen molar-refractivity contribution in [3.8, 4) is 5.75 Å². The summed E-state index contributed by atoms with van der Waals surface area (Å²) in [6.45, 7) is -0.888. The number of carbonyl (C=O) groups is 2. The Morgan fingerprint density at radius 1 is 1.00 bits per heavy atom. The molecule has 0 unspecified atom stereocenters. The fraction of sp³-hybridized carbons (Fsp3) is 0.552. The van der Waals surface area contributed by atoms with Crippen molar-refractivity contribution >= 4 is 17.5 Å². The maximum absolute atomic E-state index is 14.0. The molecule has 5 rings (SSSR count). The number of imidazole rings is 1. The standard InChI is InChI=1S/C29H31F7N6O3/c30-22(31)15-45-20-9-19(11-37-13-20)27(44)41-26(17-3-6-28(32,33)7-4-17)21-14-42-23(39-21)10-18(12-38-42)25(16-1-2-16)40-24(43)5-8-29(34,35)36/h9-14,16-17,22,25-26H,1-8,15H2,(H,40,43)(H,41,44)/t25-,26+/m1/s1. The van der Waals surface area contributed by atoms with E-state index in [2.05, 4.69) is 25.7 Å². The predicted molar refractivity (Wildman–Crippen MR) is 145 cm³/mol. The van der Waals surface area contributed by atoms with Crippen LogP contribution in [0.15, 0.2) is 36.9 Å². The van der Waals surface area contributed by atoms with Crippen molar-refractivity contribution in [1.82, 2.24) is 30.2 Å². The van der Waals surface area contributed by atoms with E-state index < -0.39 is 67.8 Å². The van der Waals surface area contributed by atoms with Gasteiger partial charge in [-0.05, 0) is 55.2 Å². The van der Waals surface area contributed by atoms with Gasteiger partial charge in [0, 0.05) is 25.5 Å². The molecule has 3 aromatic heterocycles. The molecule has 2 saturated carbocycles. The van der Waals surface area contributed by atoms with E-state index in [0.717, 1.165) is 12.8 Å². The first-order valence-corrected chi connectivity index (χ1v) is 14.5. The van der Waals surface area contributed by atoms with Crippen LogP contribution in [0.5, 0.6) is 5.75 Å². The van der Waals surface area contributed by atoms with Crippen molar-refractivity contribution in [3.05, 3.63) is 53.7 Å². The molecule has 2 amide bonds. The fourth-order valence-corrected chi connectivity index (χ4v) is 5.47. The van der Waals surface area contributed by atoms with E-state index in [1.807, 2.05) is 0 Å². The van der Waals surface area contributed by atoms with E-state index in [1.165, 1.54) is 29.2 Å². The number of nitrogens with one attached hydrogen (secondary N) is 2. The molecule has 3 heterocycles. The number of alkyl halides is 7. The van der Waals surface area contributed by atoms with Crippen molar-refractivity contribution in [2.75, 3.05) is 6.61 Å². The first kappa shape index (κ1) is 32.4. The third-order valence-electron chi connectivity index (χ3n) is 7.95. The van der Waals surface area contributed by atoms with Crippen LogP contribution in [-0.4, -0.2) is 56.5 Å². The number of aromatic nitrogens is 4. The Morgan fingerprint density at radius 2 is 1.71 bits per heavy atom. The summed E-state index contributed by atoms with van der Waals surface area (Å²) < 4.78 is 97.4. The maximum Gasteiger partial charge on any atom is 0.389 e. The van der Waals surface area contributed by atoms with Gasteiger partial charge in [-0.15, -0.1) is 0 Å². The lowest BCUT2D eigenvalue weighted by molar-refractivity contribution is -0.144. The van der Waals surface area contributed by atoms with Crippen LogP contribution in [0.2, 0.25) is 0 Å². The highest BCUT2D eigenvalue weighted by molar-refractivity contribution is 5.94. The van der Waals surface area contributed by atoms with Gasteiger partial charge in [0.05, 0.1) is 48.4 Å². The molecule has 244 valence electrons. The van der Waals surface area contributed by atoms with Gasteiger partial charge in [0.1, 0.15) is 12.4 Å². The first-order chi connectivity index (χ1) is 21.3. The minimum atomic E-state index is -4.46. The van der Waals surface area contributed by atoms with E-state index in [9.17, 15) is 40.3 Å². The van der Waals surface area contributed by atoms with Gasteiger partial charge in [0.15, 0.2) is 5.65 Å². The smallest absolute Gasteiger partial charge is 0.389 e. The molecule has 2 atom stereocenters. The molecule has 2 fully saturated rings. The number of halogens is 7. The van der Waals surface area contributed by atoms with Crippen LogP contribution in [0.1, 0.15) is 85.1 Å². The highest BCUT2D eigenvalue weighted by atomic mass is 19.4. The van der Waals surface area contributed by atoms with Crippen molar-refractivity contribution in [2.45, 2.75) is 82.0 Å². The second kappa shape index (κ2) is 13.2. The molecule has 0 aromatic carbocycles. The number of carbonyl (C=O) groups excluding carboxylic acids is 2. The van der Waals surface area contributed by atoms with Crippen molar-refractivity contribution in [1.29, 1.82) is 0 Å². The Bertz CT molecular complexity index is 1500. The summed E-state index contributed by atoms with van der Waals surface area (Å²) in [5.41, 5.74) is 1.21. The number of pyridine rings is 1. The molecule has 2 aliphatic carbocycles. The predicted octanol–water partition coefficient (Wildman–Crippen LogP) is 5.97. The molecule has 0 bridgehead atoms. The van der Waals surface area contributed by atoms with Gasteiger partial charge < -0.3 is 15.4 Å². The first-order valence-electron chi connectivity index (χ1n) is 14.5. The van der Waals surface area contributed by atoms with Crippen LogP contribution < -0.4 is 15.4 Å². The second-order valence-corrected chi connectivity index (χ2v) is 11.5. The van der Waals surface area contributed by atoms with Crippen LogP contribution in [0, 0.1) is 11.8 Å². The number of ether oxygens (including phenoxy) is 1. The summed E-state index contributed by atoms with van der Waals surface area (Å²) in [6, 6.07) is 1.50. The van der Waals surface area contributed by atoms with Gasteiger partial charge in [0.25, 0.3) is 12.3 Å². The molecule has 9 nitrogen and oxygen atoms in total. The lowest BCUT2D eigenvalue weighted by atomic mass is 9.81. The summed E-state index contributed by atoms with van der Waals surface area (Å²) in [5.74, 6) is -4.64. The lowest BCUT2D eigenvalue weighted by Gasteiger charge is -2.33. The summed E-state index contributed by atoms with van der Waals surface area (Å²) in [4.78, 5) is 34.1. The van der Waals surface area contributed by atoms with Crippen LogP contribution >= 0.6 is 0 Å². The quantitative estimate of drug-likeness (QED) is 0.235. The Hall–Kier alpha value is -3.98. The van der Waals surface area contributed by atoms with E-state index in [-0.39, 0.29) is 42.9 Å². The fourth-order valence-electron chi connectivity index (χ4n) is 5.47. The van der Waals surface area contributed by atoms with Gasteiger partial charge in [0.2, 0.25) is 11.8 Å². The molecule has 2 N–H and O–H groups in total. The Kier molecular flexibility index (Phi) is 9.49. The van der Waals surface area contributed by atoms with E-state index in [4.69, 9.17) is 4.74 Å². The Labute approximate surface area is 252 Å². The zero-order chi connectivity index (χ0) is 32.4. The van der Waals surface area contributed by atoms with E-state index in [1.54, 1.807) is 12.3 Å². The van der Waals surface area contributed by atoms with Gasteiger partial charge in [-0.3, -0.25) is 14.6 Å². The molecule has 0 aliphatic heterocycles. The van der Waals surface area contributed by atoms with Gasteiger partial charge in [-0.2, -0.15) is 18.3 Å². The van der Waals surface area contributed by atoms with Crippen LogP contribution in [0.25, 0.3) is 5.65 Å². The normalized spacial score (nSPS) is 18.5. The zero-order valence-corrected chi connectivity index (χ0v) is 23.9. The van der Waals surface area contributed by atoms with Crippen LogP contribution in [0.4, 0.5) is 30.7 Å². The average Bonchev–Trinajstić information content (AvgIpc) is 3.74. The minimum Gasteiger partial charge on any atom is -0.486 e. The minimum absolute atomic E-state index is 0.00520. The molecule has 0 radical (unpaired) electrons. The molecular formula is C29H31F7N6O3. The van der Waals surface area contributed by atoms with E-state index >= 15 is 0 Å². The van der Waals surface area contributed by atoms with Gasteiger partial charge in [-0.25, -0.2) is 27.1 Å². The van der Waals surface area contributed by atoms with Gasteiger partial charge in [-0.1, -0.05) is 0 Å².